The molecule has 1 aromatic rings. The Morgan fingerprint density at radius 3 is 2.75 bits per heavy atom. The highest BCUT2D eigenvalue weighted by atomic mass is 79.9. The molecule has 88 valence electrons. The second-order valence-electron chi connectivity index (χ2n) is 5.07. The zero-order valence-corrected chi connectivity index (χ0v) is 12.1. The fourth-order valence-electron chi connectivity index (χ4n) is 2.31. The first-order chi connectivity index (χ1) is 7.49. The van der Waals surface area contributed by atoms with E-state index in [0.29, 0.717) is 5.54 Å². The first-order valence-corrected chi connectivity index (χ1v) is 6.85. The Balaban J connectivity index is 2.15. The minimum Gasteiger partial charge on any atom is -0.294 e. The van der Waals surface area contributed by atoms with Crippen molar-refractivity contribution in [2.24, 2.45) is 0 Å². The molecular formula is C13H17BrClN. The summed E-state index contributed by atoms with van der Waals surface area (Å²) in [7, 11) is 0. The van der Waals surface area contributed by atoms with E-state index < -0.39 is 0 Å². The summed E-state index contributed by atoms with van der Waals surface area (Å²) >= 11 is 9.68. The number of likely N-dealkylation sites (tertiary alicyclic amines) is 1. The van der Waals surface area contributed by atoms with Gasteiger partial charge in [-0.05, 0) is 50.9 Å². The summed E-state index contributed by atoms with van der Waals surface area (Å²) in [5.74, 6) is 0. The average Bonchev–Trinajstić information content (AvgIpc) is 2.50. The van der Waals surface area contributed by atoms with E-state index in [1.165, 1.54) is 24.9 Å². The fourth-order valence-corrected chi connectivity index (χ4v) is 3.05. The van der Waals surface area contributed by atoms with Crippen molar-refractivity contribution < 1.29 is 0 Å². The van der Waals surface area contributed by atoms with Gasteiger partial charge in [-0.3, -0.25) is 4.90 Å². The molecule has 1 nitrogen and oxygen atoms in total. The number of hydrogen-bond acceptors (Lipinski definition) is 1. The molecule has 0 unspecified atom stereocenters. The Bertz CT molecular complexity index is 390. The maximum atomic E-state index is 6.24. The SMILES string of the molecule is CC1(C)CCCN1Cc1ccc(Br)cc1Cl. The van der Waals surface area contributed by atoms with Crippen LogP contribution in [0.4, 0.5) is 0 Å². The molecule has 1 heterocycles. The van der Waals surface area contributed by atoms with Crippen molar-refractivity contribution in [3.8, 4) is 0 Å². The molecule has 3 heteroatoms. The van der Waals surface area contributed by atoms with Gasteiger partial charge in [0.25, 0.3) is 0 Å². The molecule has 1 aromatic carbocycles. The van der Waals surface area contributed by atoms with Crippen LogP contribution in [-0.4, -0.2) is 17.0 Å². The second-order valence-corrected chi connectivity index (χ2v) is 6.40. The van der Waals surface area contributed by atoms with Gasteiger partial charge in [-0.1, -0.05) is 33.6 Å². The van der Waals surface area contributed by atoms with E-state index in [1.54, 1.807) is 0 Å². The van der Waals surface area contributed by atoms with Gasteiger partial charge in [-0.2, -0.15) is 0 Å². The van der Waals surface area contributed by atoms with Crippen molar-refractivity contribution in [3.63, 3.8) is 0 Å². The van der Waals surface area contributed by atoms with Gasteiger partial charge in [0.2, 0.25) is 0 Å². The van der Waals surface area contributed by atoms with Crippen LogP contribution < -0.4 is 0 Å². The van der Waals surface area contributed by atoms with Crippen LogP contribution in [0.1, 0.15) is 32.3 Å². The van der Waals surface area contributed by atoms with Crippen molar-refractivity contribution in [1.82, 2.24) is 4.90 Å². The largest absolute Gasteiger partial charge is 0.294 e. The predicted octanol–water partition coefficient (Wildman–Crippen LogP) is 4.48. The minimum absolute atomic E-state index is 0.316. The second kappa shape index (κ2) is 4.67. The van der Waals surface area contributed by atoms with Crippen LogP contribution in [0, 0.1) is 0 Å². The molecule has 0 aliphatic carbocycles. The standard InChI is InChI=1S/C13H17BrClN/c1-13(2)6-3-7-16(13)9-10-4-5-11(14)8-12(10)15/h4-5,8H,3,6-7,9H2,1-2H3. The molecule has 2 rings (SSSR count). The third kappa shape index (κ3) is 2.61. The van der Waals surface area contributed by atoms with Crippen LogP contribution >= 0.6 is 27.5 Å². The smallest absolute Gasteiger partial charge is 0.0462 e. The summed E-state index contributed by atoms with van der Waals surface area (Å²) in [6.45, 7) is 6.76. The summed E-state index contributed by atoms with van der Waals surface area (Å²) in [6, 6.07) is 6.14. The van der Waals surface area contributed by atoms with Gasteiger partial charge in [0.05, 0.1) is 0 Å². The quantitative estimate of drug-likeness (QED) is 0.779. The molecule has 0 aromatic heterocycles. The third-order valence-corrected chi connectivity index (χ3v) is 4.29. The molecular weight excluding hydrogens is 286 g/mol. The van der Waals surface area contributed by atoms with E-state index in [1.807, 2.05) is 6.07 Å². The van der Waals surface area contributed by atoms with Gasteiger partial charge in [0.1, 0.15) is 0 Å². The van der Waals surface area contributed by atoms with Crippen molar-refractivity contribution in [3.05, 3.63) is 33.3 Å². The maximum Gasteiger partial charge on any atom is 0.0462 e. The van der Waals surface area contributed by atoms with E-state index in [9.17, 15) is 0 Å². The number of halogens is 2. The topological polar surface area (TPSA) is 3.24 Å². The van der Waals surface area contributed by atoms with Crippen LogP contribution in [0.3, 0.4) is 0 Å². The Morgan fingerprint density at radius 2 is 2.19 bits per heavy atom. The zero-order valence-electron chi connectivity index (χ0n) is 9.76. The Hall–Kier alpha value is -0.0500. The Kier molecular flexibility index (Phi) is 3.62. The molecule has 1 fully saturated rings. The Labute approximate surface area is 111 Å². The monoisotopic (exact) mass is 301 g/mol. The number of rotatable bonds is 2. The van der Waals surface area contributed by atoms with Crippen molar-refractivity contribution in [2.45, 2.75) is 38.8 Å². The number of hydrogen-bond donors (Lipinski definition) is 0. The fraction of sp³-hybridized carbons (Fsp3) is 0.538. The third-order valence-electron chi connectivity index (χ3n) is 3.45. The molecule has 1 aliphatic rings. The first-order valence-electron chi connectivity index (χ1n) is 5.68. The van der Waals surface area contributed by atoms with Crippen LogP contribution in [0.5, 0.6) is 0 Å². The predicted molar refractivity (Wildman–Crippen MR) is 72.9 cm³/mol. The highest BCUT2D eigenvalue weighted by molar-refractivity contribution is 9.10. The first kappa shape index (κ1) is 12.4. The van der Waals surface area contributed by atoms with Crippen LogP contribution in [0.15, 0.2) is 22.7 Å². The average molecular weight is 303 g/mol. The highest BCUT2D eigenvalue weighted by Gasteiger charge is 2.31. The van der Waals surface area contributed by atoms with Crippen LogP contribution in [0.25, 0.3) is 0 Å². The molecule has 0 N–H and O–H groups in total. The molecule has 1 aliphatic heterocycles. The van der Waals surface area contributed by atoms with Gasteiger partial charge < -0.3 is 0 Å². The molecule has 0 atom stereocenters. The lowest BCUT2D eigenvalue weighted by atomic mass is 10.0. The van der Waals surface area contributed by atoms with Crippen LogP contribution in [-0.2, 0) is 6.54 Å². The van der Waals surface area contributed by atoms with Gasteiger partial charge in [0, 0.05) is 21.6 Å². The lowest BCUT2D eigenvalue weighted by Gasteiger charge is -2.31. The summed E-state index contributed by atoms with van der Waals surface area (Å²) in [4.78, 5) is 2.52. The van der Waals surface area contributed by atoms with Gasteiger partial charge >= 0.3 is 0 Å². The van der Waals surface area contributed by atoms with Crippen LogP contribution in [0.2, 0.25) is 5.02 Å². The zero-order chi connectivity index (χ0) is 11.8. The number of benzene rings is 1. The van der Waals surface area contributed by atoms with E-state index in [0.717, 1.165) is 16.0 Å². The van der Waals surface area contributed by atoms with Gasteiger partial charge in [-0.15, -0.1) is 0 Å². The normalized spacial score (nSPS) is 20.2. The van der Waals surface area contributed by atoms with Crippen molar-refractivity contribution >= 4 is 27.5 Å². The van der Waals surface area contributed by atoms with E-state index in [-0.39, 0.29) is 0 Å². The summed E-state index contributed by atoms with van der Waals surface area (Å²) in [6.07, 6.45) is 2.57. The summed E-state index contributed by atoms with van der Waals surface area (Å²) in [5, 5.41) is 0.858. The molecule has 16 heavy (non-hydrogen) atoms. The summed E-state index contributed by atoms with van der Waals surface area (Å²) in [5.41, 5.74) is 1.54. The molecule has 0 bridgehead atoms. The maximum absolute atomic E-state index is 6.24. The molecule has 0 amide bonds. The molecule has 1 saturated heterocycles. The van der Waals surface area contributed by atoms with Gasteiger partial charge in [0.15, 0.2) is 0 Å². The minimum atomic E-state index is 0.316. The lowest BCUT2D eigenvalue weighted by molar-refractivity contribution is 0.166. The van der Waals surface area contributed by atoms with Crippen molar-refractivity contribution in [2.75, 3.05) is 6.54 Å². The molecule has 0 spiro atoms. The molecule has 0 radical (unpaired) electrons. The summed E-state index contributed by atoms with van der Waals surface area (Å²) < 4.78 is 1.04. The number of nitrogens with zero attached hydrogens (tertiary/aromatic N) is 1. The van der Waals surface area contributed by atoms with E-state index >= 15 is 0 Å². The lowest BCUT2D eigenvalue weighted by Crippen LogP contribution is -2.37. The van der Waals surface area contributed by atoms with Gasteiger partial charge in [-0.25, -0.2) is 0 Å². The Morgan fingerprint density at radius 1 is 1.44 bits per heavy atom. The van der Waals surface area contributed by atoms with E-state index in [2.05, 4.69) is 46.8 Å². The van der Waals surface area contributed by atoms with E-state index in [4.69, 9.17) is 11.6 Å². The molecule has 0 saturated carbocycles. The van der Waals surface area contributed by atoms with Crippen molar-refractivity contribution in [1.29, 1.82) is 0 Å². The highest BCUT2D eigenvalue weighted by Crippen LogP contribution is 2.31.